The van der Waals surface area contributed by atoms with Crippen molar-refractivity contribution in [2.45, 2.75) is 19.3 Å². The second kappa shape index (κ2) is 22.0. The van der Waals surface area contributed by atoms with Gasteiger partial charge in [0.15, 0.2) is 0 Å². The Bertz CT molecular complexity index is 3680. The molecule has 0 saturated carbocycles. The van der Waals surface area contributed by atoms with Crippen LogP contribution < -0.4 is 9.47 Å². The highest BCUT2D eigenvalue weighted by molar-refractivity contribution is 9.10. The Morgan fingerprint density at radius 1 is 0.373 bits per heavy atom. The molecular formula is C67H52Br2O6. The van der Waals surface area contributed by atoms with Crippen LogP contribution in [0.3, 0.4) is 0 Å². The van der Waals surface area contributed by atoms with E-state index in [-0.39, 0.29) is 23.0 Å². The molecule has 0 radical (unpaired) electrons. The molecule has 75 heavy (non-hydrogen) atoms. The molecule has 0 aromatic heterocycles. The Morgan fingerprint density at radius 3 is 1.15 bits per heavy atom. The molecule has 0 unspecified atom stereocenters. The molecule has 12 rings (SSSR count). The van der Waals surface area contributed by atoms with Crippen molar-refractivity contribution in [3.05, 3.63) is 288 Å². The molecule has 0 spiro atoms. The summed E-state index contributed by atoms with van der Waals surface area (Å²) in [5, 5.41) is 39.4. The van der Waals surface area contributed by atoms with Crippen LogP contribution in [-0.4, -0.2) is 34.6 Å². The second-order valence-electron chi connectivity index (χ2n) is 18.4. The molecule has 6 nitrogen and oxygen atoms in total. The Hall–Kier alpha value is -8.30. The number of benzene rings is 9. The third-order valence-electron chi connectivity index (χ3n) is 13.9. The Labute approximate surface area is 454 Å². The summed E-state index contributed by atoms with van der Waals surface area (Å²) in [6.07, 6.45) is 4.23. The fraction of sp³-hybridized carbons (Fsp3) is 0.0746. The molecule has 0 amide bonds. The summed E-state index contributed by atoms with van der Waals surface area (Å²) in [6, 6.07) is 65.2. The van der Waals surface area contributed by atoms with Crippen LogP contribution in [0.25, 0.3) is 39.5 Å². The second-order valence-corrected chi connectivity index (χ2v) is 20.1. The van der Waals surface area contributed by atoms with E-state index in [1.54, 1.807) is 56.7 Å². The number of hydrogen-bond acceptors (Lipinski definition) is 6. The molecule has 8 heteroatoms. The van der Waals surface area contributed by atoms with E-state index in [4.69, 9.17) is 9.47 Å². The molecular weight excluding hydrogens is 1060 g/mol. The van der Waals surface area contributed by atoms with Crippen molar-refractivity contribution in [2.24, 2.45) is 0 Å². The van der Waals surface area contributed by atoms with E-state index in [1.807, 2.05) is 91.0 Å². The summed E-state index contributed by atoms with van der Waals surface area (Å²) in [6.45, 7) is 3.89. The number of halogens is 2. The summed E-state index contributed by atoms with van der Waals surface area (Å²) < 4.78 is 12.8. The lowest BCUT2D eigenvalue weighted by molar-refractivity contribution is 0.414. The number of phenols is 4. The van der Waals surface area contributed by atoms with Crippen LogP contribution in [0.5, 0.6) is 34.5 Å². The topological polar surface area (TPSA) is 99.4 Å². The lowest BCUT2D eigenvalue weighted by atomic mass is 9.94. The normalized spacial score (nSPS) is 13.0. The highest BCUT2D eigenvalue weighted by atomic mass is 79.9. The van der Waals surface area contributed by atoms with Gasteiger partial charge in [-0.05, 0) is 185 Å². The molecule has 0 heterocycles. The van der Waals surface area contributed by atoms with E-state index in [2.05, 4.69) is 111 Å². The van der Waals surface area contributed by atoms with E-state index >= 15 is 0 Å². The van der Waals surface area contributed by atoms with Crippen LogP contribution in [-0.2, 0) is 19.3 Å². The SMILES string of the molecule is C=Cc1cc(O)cc2c1CC(c1ccc(O)cc1)=C2c1ccccc1.COc1ccc(C2=C(c3ccccc3)c3cc(OC)cc(Br)c3C2)cc1.Oc1ccc(C2=C(c3ccccc3)c3cc(O)cc(Br)c3C2)cc1. The highest BCUT2D eigenvalue weighted by Gasteiger charge is 2.29. The Morgan fingerprint density at radius 2 is 0.733 bits per heavy atom. The zero-order chi connectivity index (χ0) is 52.2. The zero-order valence-corrected chi connectivity index (χ0v) is 44.5. The van der Waals surface area contributed by atoms with Crippen molar-refractivity contribution in [1.29, 1.82) is 0 Å². The first kappa shape index (κ1) is 50.2. The summed E-state index contributed by atoms with van der Waals surface area (Å²) in [4.78, 5) is 0. The van der Waals surface area contributed by atoms with Gasteiger partial charge in [-0.1, -0.05) is 172 Å². The lowest BCUT2D eigenvalue weighted by Gasteiger charge is -2.11. The molecule has 9 aromatic carbocycles. The third-order valence-corrected chi connectivity index (χ3v) is 15.3. The first-order valence-electron chi connectivity index (χ1n) is 24.5. The van der Waals surface area contributed by atoms with Crippen LogP contribution in [0, 0.1) is 0 Å². The van der Waals surface area contributed by atoms with Crippen molar-refractivity contribution < 1.29 is 29.9 Å². The quantitative estimate of drug-likeness (QED) is 0.115. The summed E-state index contributed by atoms with van der Waals surface area (Å²) in [7, 11) is 3.40. The first-order chi connectivity index (χ1) is 36.5. The summed E-state index contributed by atoms with van der Waals surface area (Å²) in [5.74, 6) is 2.74. The maximum atomic E-state index is 10.2. The monoisotopic (exact) mass is 1110 g/mol. The maximum absolute atomic E-state index is 10.2. The first-order valence-corrected chi connectivity index (χ1v) is 26.1. The number of fused-ring (bicyclic) bond motifs is 3. The zero-order valence-electron chi connectivity index (χ0n) is 41.3. The van der Waals surface area contributed by atoms with Gasteiger partial charge >= 0.3 is 0 Å². The number of methoxy groups -OCH3 is 2. The van der Waals surface area contributed by atoms with Crippen molar-refractivity contribution in [2.75, 3.05) is 14.2 Å². The molecule has 0 atom stereocenters. The van der Waals surface area contributed by atoms with Gasteiger partial charge in [-0.3, -0.25) is 0 Å². The standard InChI is InChI=1S/C23H19BrO2.C23H18O2.C21H15BrO2/c1-25-17-10-8-15(9-11-17)19-14-20-21(12-18(26-2)13-22(20)24)23(19)16-6-4-3-5-7-16;1-2-15-12-19(25)13-22-20(15)14-21(16-8-10-18(24)11-9-16)23(22)17-6-4-3-5-7-17;22-20-11-16(24)10-19-18(20)12-17(13-6-8-15(23)9-7-13)21(19)14-4-2-1-3-5-14/h3-13H,14H2,1-2H3;2-13,24-25H,1,14H2;1-11,23-24H,12H2. The Balaban J connectivity index is 0.000000128. The minimum absolute atomic E-state index is 0.244. The van der Waals surface area contributed by atoms with Crippen LogP contribution in [0.4, 0.5) is 0 Å². The molecule has 0 saturated heterocycles. The van der Waals surface area contributed by atoms with E-state index in [1.165, 1.54) is 55.7 Å². The molecule has 0 bridgehead atoms. The number of ether oxygens (including phenoxy) is 2. The van der Waals surface area contributed by atoms with Gasteiger partial charge < -0.3 is 29.9 Å². The molecule has 3 aliphatic rings. The van der Waals surface area contributed by atoms with Gasteiger partial charge in [0.25, 0.3) is 0 Å². The molecule has 0 fully saturated rings. The van der Waals surface area contributed by atoms with E-state index in [0.29, 0.717) is 0 Å². The third kappa shape index (κ3) is 10.5. The van der Waals surface area contributed by atoms with Crippen molar-refractivity contribution in [1.82, 2.24) is 0 Å². The van der Waals surface area contributed by atoms with Crippen LogP contribution in [0.2, 0.25) is 0 Å². The predicted molar refractivity (Wildman–Crippen MR) is 312 cm³/mol. The lowest BCUT2D eigenvalue weighted by Crippen LogP contribution is -1.91. The van der Waals surface area contributed by atoms with Gasteiger partial charge in [-0.15, -0.1) is 0 Å². The number of hydrogen-bond donors (Lipinski definition) is 4. The molecule has 370 valence electrons. The molecule has 4 N–H and O–H groups in total. The number of aromatic hydroxyl groups is 4. The van der Waals surface area contributed by atoms with Crippen LogP contribution in [0.15, 0.2) is 216 Å². The van der Waals surface area contributed by atoms with Crippen molar-refractivity contribution in [3.63, 3.8) is 0 Å². The van der Waals surface area contributed by atoms with Gasteiger partial charge in [-0.25, -0.2) is 0 Å². The fourth-order valence-electron chi connectivity index (χ4n) is 10.4. The van der Waals surface area contributed by atoms with Gasteiger partial charge in [0.05, 0.1) is 14.2 Å². The van der Waals surface area contributed by atoms with E-state index < -0.39 is 0 Å². The van der Waals surface area contributed by atoms with Crippen LogP contribution in [0.1, 0.15) is 72.3 Å². The smallest absolute Gasteiger partial charge is 0.120 e. The predicted octanol–water partition coefficient (Wildman–Crippen LogP) is 16.6. The molecule has 3 aliphatic carbocycles. The van der Waals surface area contributed by atoms with Gasteiger partial charge in [0.2, 0.25) is 0 Å². The highest BCUT2D eigenvalue weighted by Crippen LogP contribution is 2.49. The van der Waals surface area contributed by atoms with Gasteiger partial charge in [0.1, 0.15) is 34.5 Å². The maximum Gasteiger partial charge on any atom is 0.120 e. The molecule has 9 aromatic rings. The minimum atomic E-state index is 0.244. The Kier molecular flexibility index (Phi) is 14.8. The van der Waals surface area contributed by atoms with Crippen LogP contribution >= 0.6 is 31.9 Å². The average molecular weight is 1110 g/mol. The number of allylic oxidation sites excluding steroid dienone is 3. The number of phenolic OH excluding ortho intramolecular Hbond substituents is 4. The van der Waals surface area contributed by atoms with E-state index in [9.17, 15) is 20.4 Å². The summed E-state index contributed by atoms with van der Waals surface area (Å²) in [5.41, 5.74) is 22.0. The average Bonchev–Trinajstić information content (AvgIpc) is 4.17. The van der Waals surface area contributed by atoms with Gasteiger partial charge in [0, 0.05) is 21.8 Å². The molecule has 0 aliphatic heterocycles. The largest absolute Gasteiger partial charge is 0.508 e. The summed E-state index contributed by atoms with van der Waals surface area (Å²) >= 11 is 7.32. The minimum Gasteiger partial charge on any atom is -0.508 e. The number of rotatable bonds is 9. The van der Waals surface area contributed by atoms with Gasteiger partial charge in [-0.2, -0.15) is 0 Å². The van der Waals surface area contributed by atoms with Crippen molar-refractivity contribution in [3.8, 4) is 34.5 Å². The van der Waals surface area contributed by atoms with E-state index in [0.717, 1.165) is 89.8 Å². The fourth-order valence-corrected chi connectivity index (χ4v) is 11.5. The van der Waals surface area contributed by atoms with Crippen molar-refractivity contribution >= 4 is 71.4 Å².